The molecule has 100 valence electrons. The fourth-order valence-corrected chi connectivity index (χ4v) is 1.63. The van der Waals surface area contributed by atoms with Gasteiger partial charge >= 0.3 is 0 Å². The molecule has 1 amide bonds. The van der Waals surface area contributed by atoms with Crippen LogP contribution in [0.2, 0.25) is 5.02 Å². The van der Waals surface area contributed by atoms with Crippen LogP contribution >= 0.6 is 11.6 Å². The molecule has 0 aliphatic heterocycles. The first-order chi connectivity index (χ1) is 8.45. The Morgan fingerprint density at radius 1 is 1.61 bits per heavy atom. The van der Waals surface area contributed by atoms with Crippen LogP contribution in [0.1, 0.15) is 17.4 Å². The minimum atomic E-state index is -0.995. The highest BCUT2D eigenvalue weighted by Gasteiger charge is 2.15. The minimum Gasteiger partial charge on any atom is -0.349 e. The summed E-state index contributed by atoms with van der Waals surface area (Å²) >= 11 is 5.87. The molecular weight excluding hydrogens is 276 g/mol. The second-order valence-corrected chi connectivity index (χ2v) is 5.90. The van der Waals surface area contributed by atoms with Crippen molar-refractivity contribution < 1.29 is 9.00 Å². The Labute approximate surface area is 113 Å². The molecule has 1 aromatic rings. The fraction of sp³-hybridized carbons (Fsp3) is 0.400. The highest BCUT2D eigenvalue weighted by atomic mass is 35.5. The Morgan fingerprint density at radius 3 is 2.83 bits per heavy atom. The molecule has 1 heterocycles. The average molecular weight is 291 g/mol. The highest BCUT2D eigenvalue weighted by Crippen LogP contribution is 2.16. The van der Waals surface area contributed by atoms with E-state index in [0.29, 0.717) is 12.4 Å². The van der Waals surface area contributed by atoms with Crippen LogP contribution in [-0.4, -0.2) is 33.2 Å². The molecule has 0 spiro atoms. The van der Waals surface area contributed by atoms with Gasteiger partial charge in [0.15, 0.2) is 0 Å². The molecule has 2 unspecified atom stereocenters. The van der Waals surface area contributed by atoms with E-state index in [2.05, 4.69) is 15.7 Å². The van der Waals surface area contributed by atoms with Gasteiger partial charge in [0.1, 0.15) is 11.5 Å². The van der Waals surface area contributed by atoms with Crippen molar-refractivity contribution in [2.24, 2.45) is 5.84 Å². The summed E-state index contributed by atoms with van der Waals surface area (Å²) < 4.78 is 11.2. The van der Waals surface area contributed by atoms with Gasteiger partial charge in [-0.2, -0.15) is 0 Å². The number of amides is 1. The van der Waals surface area contributed by atoms with Crippen molar-refractivity contribution in [2.75, 3.05) is 18.2 Å². The Balaban J connectivity index is 2.75. The molecule has 2 atom stereocenters. The van der Waals surface area contributed by atoms with Gasteiger partial charge in [0, 0.05) is 28.9 Å². The average Bonchev–Trinajstić information content (AvgIpc) is 2.35. The fourth-order valence-electron chi connectivity index (χ4n) is 1.12. The van der Waals surface area contributed by atoms with Crippen LogP contribution in [0, 0.1) is 0 Å². The van der Waals surface area contributed by atoms with Gasteiger partial charge in [-0.15, -0.1) is 0 Å². The van der Waals surface area contributed by atoms with Crippen LogP contribution in [0.3, 0.4) is 0 Å². The van der Waals surface area contributed by atoms with E-state index in [1.807, 2.05) is 0 Å². The van der Waals surface area contributed by atoms with E-state index in [1.165, 1.54) is 6.07 Å². The van der Waals surface area contributed by atoms with E-state index in [-0.39, 0.29) is 16.0 Å². The number of aromatic nitrogens is 1. The molecule has 0 bridgehead atoms. The van der Waals surface area contributed by atoms with Crippen LogP contribution in [0.15, 0.2) is 12.1 Å². The summed E-state index contributed by atoms with van der Waals surface area (Å²) in [6.07, 6.45) is 1.58. The van der Waals surface area contributed by atoms with Gasteiger partial charge in [-0.25, -0.2) is 10.8 Å². The zero-order valence-corrected chi connectivity index (χ0v) is 11.6. The second-order valence-electron chi connectivity index (χ2n) is 3.69. The molecule has 18 heavy (non-hydrogen) atoms. The predicted octanol–water partition coefficient (Wildman–Crippen LogP) is 0.517. The van der Waals surface area contributed by atoms with Gasteiger partial charge < -0.3 is 10.7 Å². The van der Waals surface area contributed by atoms with Gasteiger partial charge in [0.25, 0.3) is 5.91 Å². The van der Waals surface area contributed by atoms with E-state index in [1.54, 1.807) is 19.2 Å². The summed E-state index contributed by atoms with van der Waals surface area (Å²) in [4.78, 5) is 15.8. The first-order valence-corrected chi connectivity index (χ1v) is 7.19. The number of carbonyl (C=O) groups is 1. The molecule has 0 aliphatic carbocycles. The number of carbonyl (C=O) groups excluding carboxylic acids is 1. The molecular formula is C10H15ClN4O2S. The maximum Gasteiger partial charge on any atom is 0.271 e. The number of pyridine rings is 1. The SMILES string of the molecule is CC(CNC(=O)c1nc(NN)ccc1Cl)S(C)=O. The molecule has 4 N–H and O–H groups in total. The highest BCUT2D eigenvalue weighted by molar-refractivity contribution is 7.84. The Hall–Kier alpha value is -1.18. The molecule has 0 aromatic carbocycles. The van der Waals surface area contributed by atoms with Gasteiger partial charge in [0.05, 0.1) is 5.02 Å². The molecule has 0 saturated carbocycles. The zero-order valence-electron chi connectivity index (χ0n) is 10.1. The van der Waals surface area contributed by atoms with Crippen molar-refractivity contribution in [3.8, 4) is 0 Å². The number of hydrogen-bond donors (Lipinski definition) is 3. The second kappa shape index (κ2) is 6.67. The summed E-state index contributed by atoms with van der Waals surface area (Å²) in [7, 11) is -0.995. The van der Waals surface area contributed by atoms with Crippen LogP contribution in [0.4, 0.5) is 5.82 Å². The monoisotopic (exact) mass is 290 g/mol. The number of hydrazine groups is 1. The van der Waals surface area contributed by atoms with Gasteiger partial charge in [-0.1, -0.05) is 11.6 Å². The number of nitrogen functional groups attached to an aromatic ring is 1. The number of nitrogens with zero attached hydrogens (tertiary/aromatic N) is 1. The predicted molar refractivity (Wildman–Crippen MR) is 72.9 cm³/mol. The lowest BCUT2D eigenvalue weighted by molar-refractivity contribution is 0.0949. The van der Waals surface area contributed by atoms with Crippen molar-refractivity contribution in [1.82, 2.24) is 10.3 Å². The number of rotatable bonds is 5. The van der Waals surface area contributed by atoms with Crippen LogP contribution in [0.5, 0.6) is 0 Å². The molecule has 1 rings (SSSR count). The number of nitrogens with one attached hydrogen (secondary N) is 2. The van der Waals surface area contributed by atoms with Crippen molar-refractivity contribution in [2.45, 2.75) is 12.2 Å². The summed E-state index contributed by atoms with van der Waals surface area (Å²) in [5, 5.41) is 2.72. The minimum absolute atomic E-state index is 0.0844. The van der Waals surface area contributed by atoms with Gasteiger partial charge in [-0.05, 0) is 19.1 Å². The molecule has 0 fully saturated rings. The van der Waals surface area contributed by atoms with E-state index in [9.17, 15) is 9.00 Å². The molecule has 0 saturated heterocycles. The van der Waals surface area contributed by atoms with Crippen LogP contribution in [0.25, 0.3) is 0 Å². The standard InChI is InChI=1S/C10H15ClN4O2S/c1-6(18(2)17)5-13-10(16)9-7(11)3-4-8(14-9)15-12/h3-4,6H,5,12H2,1-2H3,(H,13,16)(H,14,15). The lowest BCUT2D eigenvalue weighted by Crippen LogP contribution is -2.33. The number of halogens is 1. The summed E-state index contributed by atoms with van der Waals surface area (Å²) in [5.41, 5.74) is 2.42. The normalized spacial score (nSPS) is 13.8. The molecule has 0 aliphatic rings. The topological polar surface area (TPSA) is 97.1 Å². The van der Waals surface area contributed by atoms with Gasteiger partial charge in [0.2, 0.25) is 0 Å². The number of nitrogens with two attached hydrogens (primary N) is 1. The Morgan fingerprint density at radius 2 is 2.28 bits per heavy atom. The first kappa shape index (κ1) is 14.9. The largest absolute Gasteiger partial charge is 0.349 e. The summed E-state index contributed by atoms with van der Waals surface area (Å²) in [6, 6.07) is 3.09. The number of hydrogen-bond acceptors (Lipinski definition) is 5. The first-order valence-electron chi connectivity index (χ1n) is 5.19. The maximum atomic E-state index is 11.8. The third-order valence-electron chi connectivity index (χ3n) is 2.33. The Kier molecular flexibility index (Phi) is 5.52. The molecule has 0 radical (unpaired) electrons. The van der Waals surface area contributed by atoms with E-state index in [0.717, 1.165) is 0 Å². The van der Waals surface area contributed by atoms with Crippen molar-refractivity contribution >= 4 is 34.1 Å². The van der Waals surface area contributed by atoms with E-state index >= 15 is 0 Å². The lowest BCUT2D eigenvalue weighted by Gasteiger charge is -2.10. The maximum absolute atomic E-state index is 11.8. The smallest absolute Gasteiger partial charge is 0.271 e. The van der Waals surface area contributed by atoms with Crippen molar-refractivity contribution in [3.63, 3.8) is 0 Å². The zero-order chi connectivity index (χ0) is 13.7. The van der Waals surface area contributed by atoms with E-state index in [4.69, 9.17) is 17.4 Å². The summed E-state index contributed by atoms with van der Waals surface area (Å²) in [5.74, 6) is 5.13. The number of anilines is 1. The molecule has 6 nitrogen and oxygen atoms in total. The van der Waals surface area contributed by atoms with Gasteiger partial charge in [-0.3, -0.25) is 9.00 Å². The molecule has 8 heteroatoms. The quantitative estimate of drug-likeness (QED) is 0.542. The lowest BCUT2D eigenvalue weighted by atomic mass is 10.3. The van der Waals surface area contributed by atoms with E-state index < -0.39 is 16.7 Å². The summed E-state index contributed by atoms with van der Waals surface area (Å²) in [6.45, 7) is 2.07. The van der Waals surface area contributed by atoms with Crippen molar-refractivity contribution in [1.29, 1.82) is 0 Å². The van der Waals surface area contributed by atoms with Crippen LogP contribution in [-0.2, 0) is 10.8 Å². The molecule has 1 aromatic heterocycles. The third kappa shape index (κ3) is 3.94. The van der Waals surface area contributed by atoms with Crippen LogP contribution < -0.4 is 16.6 Å². The third-order valence-corrected chi connectivity index (χ3v) is 3.93. The Bertz CT molecular complexity index is 469. The van der Waals surface area contributed by atoms with Crippen molar-refractivity contribution in [3.05, 3.63) is 22.8 Å².